The van der Waals surface area contributed by atoms with Crippen LogP contribution in [0.1, 0.15) is 38.4 Å². The maximum absolute atomic E-state index is 12.9. The van der Waals surface area contributed by atoms with Gasteiger partial charge in [0.2, 0.25) is 0 Å². The average molecular weight is 296 g/mol. The predicted molar refractivity (Wildman–Crippen MR) is 69.2 cm³/mol. The van der Waals surface area contributed by atoms with Gasteiger partial charge in [-0.05, 0) is 6.92 Å². The first-order chi connectivity index (χ1) is 8.38. The van der Waals surface area contributed by atoms with E-state index in [-0.39, 0.29) is 10.4 Å². The lowest BCUT2D eigenvalue weighted by atomic mass is 9.91. The van der Waals surface area contributed by atoms with E-state index in [1.165, 1.54) is 0 Å². The summed E-state index contributed by atoms with van der Waals surface area (Å²) in [7, 11) is 0. The lowest BCUT2D eigenvalue weighted by Gasteiger charge is -2.33. The summed E-state index contributed by atoms with van der Waals surface area (Å²) in [5.74, 6) is 0. The molecule has 7 heteroatoms. The van der Waals surface area contributed by atoms with Crippen LogP contribution in [0.3, 0.4) is 0 Å². The van der Waals surface area contributed by atoms with Crippen LogP contribution in [0.4, 0.5) is 13.2 Å². The highest BCUT2D eigenvalue weighted by atomic mass is 32.1. The fourth-order valence-electron chi connectivity index (χ4n) is 1.49. The van der Waals surface area contributed by atoms with Crippen molar-refractivity contribution in [3.05, 3.63) is 16.1 Å². The second kappa shape index (κ2) is 5.03. The molecule has 0 aromatic carbocycles. The molecule has 0 aliphatic carbocycles. The lowest BCUT2D eigenvalue weighted by Crippen LogP contribution is -2.58. The van der Waals surface area contributed by atoms with Gasteiger partial charge in [0.15, 0.2) is 5.60 Å². The van der Waals surface area contributed by atoms with E-state index in [4.69, 9.17) is 5.73 Å². The summed E-state index contributed by atoms with van der Waals surface area (Å²) in [5, 5.41) is 11.8. The second-order valence-corrected chi connectivity index (χ2v) is 6.71. The van der Waals surface area contributed by atoms with Gasteiger partial charge in [0.1, 0.15) is 0 Å². The average Bonchev–Trinajstić information content (AvgIpc) is 2.63. The van der Waals surface area contributed by atoms with Crippen LogP contribution in [-0.2, 0) is 11.8 Å². The van der Waals surface area contributed by atoms with Crippen LogP contribution >= 0.6 is 11.3 Å². The topological polar surface area (TPSA) is 59.1 Å². The first-order valence-corrected chi connectivity index (χ1v) is 6.75. The summed E-state index contributed by atoms with van der Waals surface area (Å²) < 4.78 is 38.8. The third-order valence-corrected chi connectivity index (χ3v) is 3.83. The van der Waals surface area contributed by atoms with Crippen LogP contribution in [0.2, 0.25) is 0 Å². The van der Waals surface area contributed by atoms with Gasteiger partial charge in [0, 0.05) is 23.3 Å². The van der Waals surface area contributed by atoms with Gasteiger partial charge in [-0.25, -0.2) is 4.98 Å². The molecular weight excluding hydrogens is 277 g/mol. The Labute approximate surface area is 114 Å². The SMILES string of the molecule is CC(N)C(O)(Cc1nc(C(C)(C)C)cs1)C(F)(F)F. The Morgan fingerprint density at radius 3 is 2.21 bits per heavy atom. The lowest BCUT2D eigenvalue weighted by molar-refractivity contribution is -0.265. The van der Waals surface area contributed by atoms with Crippen molar-refractivity contribution in [1.29, 1.82) is 0 Å². The number of nitrogens with zero attached hydrogens (tertiary/aromatic N) is 1. The smallest absolute Gasteiger partial charge is 0.379 e. The zero-order valence-electron chi connectivity index (χ0n) is 11.4. The van der Waals surface area contributed by atoms with Gasteiger partial charge in [0.05, 0.1) is 10.7 Å². The number of hydrogen-bond acceptors (Lipinski definition) is 4. The Hall–Kier alpha value is -0.660. The maximum atomic E-state index is 12.9. The molecule has 19 heavy (non-hydrogen) atoms. The highest BCUT2D eigenvalue weighted by Gasteiger charge is 2.56. The number of alkyl halides is 3. The highest BCUT2D eigenvalue weighted by molar-refractivity contribution is 7.09. The Balaban J connectivity index is 3.03. The van der Waals surface area contributed by atoms with E-state index < -0.39 is 24.2 Å². The fourth-order valence-corrected chi connectivity index (χ4v) is 2.59. The van der Waals surface area contributed by atoms with Crippen LogP contribution in [0, 0.1) is 0 Å². The van der Waals surface area contributed by atoms with Crippen molar-refractivity contribution < 1.29 is 18.3 Å². The number of halogens is 3. The maximum Gasteiger partial charge on any atom is 0.419 e. The largest absolute Gasteiger partial charge is 0.419 e. The minimum absolute atomic E-state index is 0.237. The van der Waals surface area contributed by atoms with Gasteiger partial charge in [0.25, 0.3) is 0 Å². The van der Waals surface area contributed by atoms with E-state index in [1.807, 2.05) is 20.8 Å². The predicted octanol–water partition coefficient (Wildman–Crippen LogP) is 2.62. The van der Waals surface area contributed by atoms with Crippen LogP contribution in [-0.4, -0.2) is 27.9 Å². The molecular formula is C12H19F3N2OS. The van der Waals surface area contributed by atoms with Gasteiger partial charge in [-0.3, -0.25) is 0 Å². The van der Waals surface area contributed by atoms with Crippen LogP contribution < -0.4 is 5.73 Å². The van der Waals surface area contributed by atoms with Crippen molar-refractivity contribution in [3.63, 3.8) is 0 Å². The second-order valence-electron chi connectivity index (χ2n) is 5.76. The molecule has 3 nitrogen and oxygen atoms in total. The molecule has 0 radical (unpaired) electrons. The highest BCUT2D eigenvalue weighted by Crippen LogP contribution is 2.36. The van der Waals surface area contributed by atoms with E-state index in [0.29, 0.717) is 5.69 Å². The molecule has 0 aliphatic rings. The van der Waals surface area contributed by atoms with Crippen LogP contribution in [0.25, 0.3) is 0 Å². The molecule has 3 N–H and O–H groups in total. The summed E-state index contributed by atoms with van der Waals surface area (Å²) in [6.07, 6.45) is -5.40. The fraction of sp³-hybridized carbons (Fsp3) is 0.750. The Morgan fingerprint density at radius 2 is 1.89 bits per heavy atom. The van der Waals surface area contributed by atoms with E-state index in [1.54, 1.807) is 5.38 Å². The first kappa shape index (κ1) is 16.4. The van der Waals surface area contributed by atoms with E-state index in [9.17, 15) is 18.3 Å². The molecule has 2 unspecified atom stereocenters. The van der Waals surface area contributed by atoms with Crippen molar-refractivity contribution >= 4 is 11.3 Å². The van der Waals surface area contributed by atoms with Gasteiger partial charge < -0.3 is 10.8 Å². The minimum atomic E-state index is -4.78. The molecule has 1 heterocycles. The van der Waals surface area contributed by atoms with Gasteiger partial charge in [-0.2, -0.15) is 13.2 Å². The molecule has 2 atom stereocenters. The van der Waals surface area contributed by atoms with Crippen molar-refractivity contribution in [2.75, 3.05) is 0 Å². The summed E-state index contributed by atoms with van der Waals surface area (Å²) in [6, 6.07) is -1.42. The number of rotatable bonds is 3. The molecule has 0 saturated heterocycles. The number of nitrogens with two attached hydrogens (primary N) is 1. The number of hydrogen-bond donors (Lipinski definition) is 2. The monoisotopic (exact) mass is 296 g/mol. The molecule has 1 aromatic heterocycles. The molecule has 110 valence electrons. The van der Waals surface area contributed by atoms with Crippen LogP contribution in [0.15, 0.2) is 5.38 Å². The summed E-state index contributed by atoms with van der Waals surface area (Å²) >= 11 is 1.11. The van der Waals surface area contributed by atoms with E-state index in [0.717, 1.165) is 18.3 Å². The Morgan fingerprint density at radius 1 is 1.37 bits per heavy atom. The summed E-state index contributed by atoms with van der Waals surface area (Å²) in [5.41, 5.74) is 2.83. The Bertz CT molecular complexity index is 437. The molecule has 1 aromatic rings. The number of thiazole rings is 1. The van der Waals surface area contributed by atoms with E-state index >= 15 is 0 Å². The molecule has 0 aliphatic heterocycles. The molecule has 0 saturated carbocycles. The number of aromatic nitrogens is 1. The zero-order chi connectivity index (χ0) is 15.1. The quantitative estimate of drug-likeness (QED) is 0.901. The molecule has 0 fully saturated rings. The van der Waals surface area contributed by atoms with Crippen molar-refractivity contribution in [1.82, 2.24) is 4.98 Å². The summed E-state index contributed by atoms with van der Waals surface area (Å²) in [4.78, 5) is 4.17. The van der Waals surface area contributed by atoms with Gasteiger partial charge in [-0.1, -0.05) is 20.8 Å². The van der Waals surface area contributed by atoms with Crippen molar-refractivity contribution in [2.45, 2.75) is 57.3 Å². The van der Waals surface area contributed by atoms with Gasteiger partial charge in [-0.15, -0.1) is 11.3 Å². The standard InChI is InChI=1S/C12H19F3N2OS/c1-7(16)11(18,12(13,14)15)5-9-17-8(6-19-9)10(2,3)4/h6-7,18H,5,16H2,1-4H3. The zero-order valence-corrected chi connectivity index (χ0v) is 12.2. The third kappa shape index (κ3) is 3.46. The van der Waals surface area contributed by atoms with Crippen molar-refractivity contribution in [2.24, 2.45) is 5.73 Å². The Kier molecular flexibility index (Phi) is 4.34. The molecule has 1 rings (SSSR count). The molecule has 0 amide bonds. The normalized spacial score (nSPS) is 18.2. The first-order valence-electron chi connectivity index (χ1n) is 5.87. The minimum Gasteiger partial charge on any atom is -0.379 e. The third-order valence-electron chi connectivity index (χ3n) is 2.99. The molecule has 0 bridgehead atoms. The molecule has 0 spiro atoms. The van der Waals surface area contributed by atoms with Gasteiger partial charge >= 0.3 is 6.18 Å². The van der Waals surface area contributed by atoms with Crippen LogP contribution in [0.5, 0.6) is 0 Å². The van der Waals surface area contributed by atoms with Crippen molar-refractivity contribution in [3.8, 4) is 0 Å². The number of aliphatic hydroxyl groups is 1. The van der Waals surface area contributed by atoms with E-state index in [2.05, 4.69) is 4.98 Å². The summed E-state index contributed by atoms with van der Waals surface area (Å²) in [6.45, 7) is 6.92.